The number of aliphatic hydroxyl groups is 1. The van der Waals surface area contributed by atoms with Crippen molar-refractivity contribution in [1.29, 1.82) is 0 Å². The second-order valence-corrected chi connectivity index (χ2v) is 10.3. The van der Waals surface area contributed by atoms with Gasteiger partial charge in [0, 0.05) is 31.3 Å². The number of benzene rings is 1. The van der Waals surface area contributed by atoms with Gasteiger partial charge in [-0.3, -0.25) is 4.79 Å². The third-order valence-electron chi connectivity index (χ3n) is 6.99. The van der Waals surface area contributed by atoms with Gasteiger partial charge in [0.05, 0.1) is 30.4 Å². The standard InChI is InChI=1S/C28H43N5O6/c1-17-15-33(18(2)16-34)27(35)23-13-22(30-28(36)31-26-20(4)32-39-21(26)5)10-11-24(23)38-19(3)9-7-8-12-37-25(17)14-29-6/h10-11,13,17-19,25,29,34H,7-9,12,14-16H2,1-6H3,(H2,30,31,36)/t17-,18+,19+,25+/m0/s1. The first-order chi connectivity index (χ1) is 18.6. The highest BCUT2D eigenvalue weighted by Gasteiger charge is 2.29. The van der Waals surface area contributed by atoms with E-state index < -0.39 is 12.1 Å². The van der Waals surface area contributed by atoms with Crippen LogP contribution in [0.1, 0.15) is 61.8 Å². The molecular weight excluding hydrogens is 502 g/mol. The molecule has 0 saturated carbocycles. The Morgan fingerprint density at radius 1 is 1.23 bits per heavy atom. The van der Waals surface area contributed by atoms with E-state index in [2.05, 4.69) is 28.0 Å². The van der Waals surface area contributed by atoms with Crippen molar-refractivity contribution in [2.24, 2.45) is 5.92 Å². The van der Waals surface area contributed by atoms with Gasteiger partial charge in [-0.2, -0.15) is 0 Å². The van der Waals surface area contributed by atoms with Gasteiger partial charge in [0.2, 0.25) is 0 Å². The molecule has 0 aliphatic carbocycles. The first-order valence-corrected chi connectivity index (χ1v) is 13.6. The van der Waals surface area contributed by atoms with Crippen molar-refractivity contribution in [1.82, 2.24) is 15.4 Å². The molecule has 39 heavy (non-hydrogen) atoms. The molecule has 1 aliphatic rings. The van der Waals surface area contributed by atoms with Crippen molar-refractivity contribution in [3.63, 3.8) is 0 Å². The van der Waals surface area contributed by atoms with Crippen LogP contribution in [0, 0.1) is 19.8 Å². The van der Waals surface area contributed by atoms with Gasteiger partial charge >= 0.3 is 6.03 Å². The fourth-order valence-corrected chi connectivity index (χ4v) is 4.63. The highest BCUT2D eigenvalue weighted by atomic mass is 16.5. The molecule has 3 rings (SSSR count). The Morgan fingerprint density at radius 2 is 2.00 bits per heavy atom. The summed E-state index contributed by atoms with van der Waals surface area (Å²) in [6, 6.07) is 4.10. The molecule has 0 fully saturated rings. The minimum absolute atomic E-state index is 0.00349. The van der Waals surface area contributed by atoms with Gasteiger partial charge in [0.15, 0.2) is 5.76 Å². The molecule has 3 amide bonds. The Balaban J connectivity index is 1.94. The van der Waals surface area contributed by atoms with Crippen molar-refractivity contribution >= 4 is 23.3 Å². The Kier molecular flexibility index (Phi) is 11.1. The lowest BCUT2D eigenvalue weighted by molar-refractivity contribution is -0.000451. The minimum Gasteiger partial charge on any atom is -0.490 e. The number of anilines is 2. The van der Waals surface area contributed by atoms with Gasteiger partial charge in [0.1, 0.15) is 17.1 Å². The molecule has 11 heteroatoms. The maximum Gasteiger partial charge on any atom is 0.323 e. The van der Waals surface area contributed by atoms with Crippen LogP contribution in [0.15, 0.2) is 22.7 Å². The number of amides is 3. The molecule has 11 nitrogen and oxygen atoms in total. The van der Waals surface area contributed by atoms with Crippen LogP contribution in [0.25, 0.3) is 0 Å². The lowest BCUT2D eigenvalue weighted by atomic mass is 10.0. The SMILES string of the molecule is CNC[C@H]1OCCCC[C@@H](C)Oc2ccc(NC(=O)Nc3c(C)noc3C)cc2C(=O)N([C@H](C)CO)C[C@@H]1C. The summed E-state index contributed by atoms with van der Waals surface area (Å²) in [7, 11) is 1.88. The van der Waals surface area contributed by atoms with Gasteiger partial charge < -0.3 is 40.0 Å². The predicted octanol–water partition coefficient (Wildman–Crippen LogP) is 3.95. The second-order valence-electron chi connectivity index (χ2n) is 10.3. The number of aromatic nitrogens is 1. The molecule has 0 saturated heterocycles. The van der Waals surface area contributed by atoms with Crippen LogP contribution in [0.4, 0.5) is 16.2 Å². The number of nitrogens with zero attached hydrogens (tertiary/aromatic N) is 2. The Morgan fingerprint density at radius 3 is 2.67 bits per heavy atom. The van der Waals surface area contributed by atoms with E-state index in [1.807, 2.05) is 20.9 Å². The molecule has 4 atom stereocenters. The van der Waals surface area contributed by atoms with E-state index in [1.165, 1.54) is 0 Å². The summed E-state index contributed by atoms with van der Waals surface area (Å²) >= 11 is 0. The van der Waals surface area contributed by atoms with Crippen molar-refractivity contribution in [2.45, 2.75) is 72.1 Å². The number of carbonyl (C=O) groups excluding carboxylic acids is 2. The normalized spacial score (nSPS) is 21.9. The lowest BCUT2D eigenvalue weighted by Crippen LogP contribution is -2.47. The zero-order chi connectivity index (χ0) is 28.5. The number of aliphatic hydroxyl groups excluding tert-OH is 1. The summed E-state index contributed by atoms with van der Waals surface area (Å²) in [6.45, 7) is 10.8. The van der Waals surface area contributed by atoms with Gasteiger partial charge in [-0.05, 0) is 72.2 Å². The number of fused-ring (bicyclic) bond motifs is 1. The first kappa shape index (κ1) is 30.4. The maximum atomic E-state index is 14.0. The van der Waals surface area contributed by atoms with Crippen LogP contribution in [-0.4, -0.2) is 78.7 Å². The van der Waals surface area contributed by atoms with Gasteiger partial charge in [0.25, 0.3) is 5.91 Å². The van der Waals surface area contributed by atoms with Crippen LogP contribution in [0.5, 0.6) is 5.75 Å². The smallest absolute Gasteiger partial charge is 0.323 e. The Labute approximate surface area is 230 Å². The van der Waals surface area contributed by atoms with E-state index in [-0.39, 0.29) is 30.6 Å². The number of carbonyl (C=O) groups is 2. The zero-order valence-corrected chi connectivity index (χ0v) is 23.9. The molecule has 1 aliphatic heterocycles. The fraction of sp³-hybridized carbons (Fsp3) is 0.607. The van der Waals surface area contributed by atoms with Gasteiger partial charge in [-0.25, -0.2) is 4.79 Å². The number of nitrogens with one attached hydrogen (secondary N) is 3. The molecule has 216 valence electrons. The highest BCUT2D eigenvalue weighted by molar-refractivity contribution is 6.03. The van der Waals surface area contributed by atoms with Gasteiger partial charge in [-0.15, -0.1) is 0 Å². The summed E-state index contributed by atoms with van der Waals surface area (Å²) < 4.78 is 17.5. The fourth-order valence-electron chi connectivity index (χ4n) is 4.63. The number of hydrogen-bond acceptors (Lipinski definition) is 8. The van der Waals surface area contributed by atoms with E-state index >= 15 is 0 Å². The monoisotopic (exact) mass is 545 g/mol. The maximum absolute atomic E-state index is 14.0. The molecule has 1 aromatic heterocycles. The number of hydrogen-bond donors (Lipinski definition) is 4. The molecule has 0 unspecified atom stereocenters. The van der Waals surface area contributed by atoms with E-state index in [4.69, 9.17) is 14.0 Å². The zero-order valence-electron chi connectivity index (χ0n) is 23.9. The number of ether oxygens (including phenoxy) is 2. The topological polar surface area (TPSA) is 138 Å². The van der Waals surface area contributed by atoms with Crippen LogP contribution >= 0.6 is 0 Å². The molecule has 0 radical (unpaired) electrons. The predicted molar refractivity (Wildman–Crippen MR) is 149 cm³/mol. The molecule has 1 aromatic carbocycles. The lowest BCUT2D eigenvalue weighted by Gasteiger charge is -2.34. The average molecular weight is 546 g/mol. The van der Waals surface area contributed by atoms with E-state index in [9.17, 15) is 14.7 Å². The van der Waals surface area contributed by atoms with E-state index in [1.54, 1.807) is 36.9 Å². The Bertz CT molecular complexity index is 1090. The second kappa shape index (κ2) is 14.3. The van der Waals surface area contributed by atoms with E-state index in [0.717, 1.165) is 19.3 Å². The van der Waals surface area contributed by atoms with Crippen molar-refractivity contribution in [2.75, 3.05) is 44.0 Å². The van der Waals surface area contributed by atoms with Gasteiger partial charge in [-0.1, -0.05) is 12.1 Å². The van der Waals surface area contributed by atoms with Crippen molar-refractivity contribution in [3.05, 3.63) is 35.2 Å². The molecule has 0 bridgehead atoms. The summed E-state index contributed by atoms with van der Waals surface area (Å²) in [5, 5.41) is 22.6. The number of aryl methyl sites for hydroxylation is 2. The summed E-state index contributed by atoms with van der Waals surface area (Å²) in [6.07, 6.45) is 2.43. The first-order valence-electron chi connectivity index (χ1n) is 13.6. The molecule has 2 aromatic rings. The summed E-state index contributed by atoms with van der Waals surface area (Å²) in [4.78, 5) is 28.4. The van der Waals surface area contributed by atoms with E-state index in [0.29, 0.717) is 53.8 Å². The molecule has 0 spiro atoms. The molecule has 2 heterocycles. The Hall–Kier alpha value is -3.15. The average Bonchev–Trinajstić information content (AvgIpc) is 3.22. The molecular formula is C28H43N5O6. The number of rotatable bonds is 6. The van der Waals surface area contributed by atoms with Crippen molar-refractivity contribution in [3.8, 4) is 5.75 Å². The molecule has 4 N–H and O–H groups in total. The number of likely N-dealkylation sites (N-methyl/N-ethyl adjacent to an activating group) is 1. The van der Waals surface area contributed by atoms with Crippen LogP contribution in [-0.2, 0) is 4.74 Å². The van der Waals surface area contributed by atoms with Crippen molar-refractivity contribution < 1.29 is 28.7 Å². The van der Waals surface area contributed by atoms with Crippen LogP contribution in [0.3, 0.4) is 0 Å². The van der Waals surface area contributed by atoms with Crippen LogP contribution < -0.4 is 20.7 Å². The summed E-state index contributed by atoms with van der Waals surface area (Å²) in [5.74, 6) is 0.643. The number of urea groups is 1. The third kappa shape index (κ3) is 8.17. The largest absolute Gasteiger partial charge is 0.490 e. The van der Waals surface area contributed by atoms with Crippen LogP contribution in [0.2, 0.25) is 0 Å². The third-order valence-corrected chi connectivity index (χ3v) is 6.99. The quantitative estimate of drug-likeness (QED) is 0.428. The minimum atomic E-state index is -0.492. The highest BCUT2D eigenvalue weighted by Crippen LogP contribution is 2.29. The summed E-state index contributed by atoms with van der Waals surface area (Å²) in [5.41, 5.74) is 1.79.